The Hall–Kier alpha value is -6.06. The van der Waals surface area contributed by atoms with E-state index in [0.717, 1.165) is 45.4 Å². The van der Waals surface area contributed by atoms with E-state index in [2.05, 4.69) is 173 Å². The Kier molecular flexibility index (Phi) is 6.46. The number of rotatable bonds is 6. The number of benzene rings is 7. The Bertz CT molecular complexity index is 2840. The Labute approximate surface area is 315 Å². The van der Waals surface area contributed by atoms with Crippen molar-refractivity contribution in [3.05, 3.63) is 169 Å². The van der Waals surface area contributed by atoms with Gasteiger partial charge >= 0.3 is 0 Å². The molecule has 7 aromatic carbocycles. The number of furan rings is 1. The molecule has 0 radical (unpaired) electrons. The van der Waals surface area contributed by atoms with Gasteiger partial charge in [-0.3, -0.25) is 0 Å². The van der Waals surface area contributed by atoms with E-state index in [9.17, 15) is 0 Å². The molecule has 260 valence electrons. The molecular formula is C51H40N2O. The number of anilines is 3. The van der Waals surface area contributed by atoms with Gasteiger partial charge in [-0.25, -0.2) is 0 Å². The molecule has 3 aliphatic carbocycles. The lowest BCUT2D eigenvalue weighted by molar-refractivity contribution is 0.308. The fraction of sp³-hybridized carbons (Fsp3) is 0.176. The molecule has 2 bridgehead atoms. The van der Waals surface area contributed by atoms with Crippen molar-refractivity contribution in [2.24, 2.45) is 17.8 Å². The smallest absolute Gasteiger partial charge is 0.135 e. The number of hydrogen-bond donors (Lipinski definition) is 0. The maximum absolute atomic E-state index is 6.30. The van der Waals surface area contributed by atoms with Crippen LogP contribution < -0.4 is 4.90 Å². The van der Waals surface area contributed by atoms with Gasteiger partial charge in [-0.15, -0.1) is 0 Å². The van der Waals surface area contributed by atoms with E-state index >= 15 is 0 Å². The van der Waals surface area contributed by atoms with Crippen LogP contribution >= 0.6 is 0 Å². The second-order valence-corrected chi connectivity index (χ2v) is 16.3. The van der Waals surface area contributed by atoms with Gasteiger partial charge in [0.1, 0.15) is 11.2 Å². The van der Waals surface area contributed by atoms with Crippen LogP contribution in [0.4, 0.5) is 17.1 Å². The first-order valence-corrected chi connectivity index (χ1v) is 19.7. The molecule has 2 aromatic heterocycles. The molecule has 3 aliphatic rings. The number of nitrogens with zero attached hydrogens (tertiary/aromatic N) is 2. The summed E-state index contributed by atoms with van der Waals surface area (Å²) in [5.74, 6) is 2.71. The zero-order valence-electron chi connectivity index (χ0n) is 30.2. The fourth-order valence-corrected chi connectivity index (χ4v) is 11.3. The summed E-state index contributed by atoms with van der Waals surface area (Å²) >= 11 is 0. The van der Waals surface area contributed by atoms with E-state index in [1.54, 1.807) is 0 Å². The van der Waals surface area contributed by atoms with E-state index < -0.39 is 0 Å². The van der Waals surface area contributed by atoms with Crippen molar-refractivity contribution < 1.29 is 4.42 Å². The average molecular weight is 697 g/mol. The third-order valence-corrected chi connectivity index (χ3v) is 13.5. The lowest BCUT2D eigenvalue weighted by Crippen LogP contribution is -2.26. The highest BCUT2D eigenvalue weighted by atomic mass is 16.3. The van der Waals surface area contributed by atoms with Gasteiger partial charge in [0.05, 0.1) is 11.0 Å². The quantitative estimate of drug-likeness (QED) is 0.173. The van der Waals surface area contributed by atoms with Crippen molar-refractivity contribution in [3.63, 3.8) is 0 Å². The maximum atomic E-state index is 6.30. The summed E-state index contributed by atoms with van der Waals surface area (Å²) in [5.41, 5.74) is 13.3. The Morgan fingerprint density at radius 1 is 0.500 bits per heavy atom. The summed E-state index contributed by atoms with van der Waals surface area (Å²) in [6, 6.07) is 60.2. The predicted octanol–water partition coefficient (Wildman–Crippen LogP) is 13.9. The molecule has 3 fully saturated rings. The summed E-state index contributed by atoms with van der Waals surface area (Å²) in [4.78, 5) is 2.52. The number of aromatic nitrogens is 1. The highest BCUT2D eigenvalue weighted by Gasteiger charge is 2.59. The largest absolute Gasteiger partial charge is 0.456 e. The third-order valence-electron chi connectivity index (χ3n) is 13.5. The summed E-state index contributed by atoms with van der Waals surface area (Å²) < 4.78 is 8.70. The molecule has 4 atom stereocenters. The van der Waals surface area contributed by atoms with Crippen molar-refractivity contribution >= 4 is 60.8 Å². The predicted molar refractivity (Wildman–Crippen MR) is 223 cm³/mol. The van der Waals surface area contributed by atoms with Crippen molar-refractivity contribution in [3.8, 4) is 16.8 Å². The zero-order chi connectivity index (χ0) is 35.4. The van der Waals surface area contributed by atoms with Crippen LogP contribution in [0.3, 0.4) is 0 Å². The van der Waals surface area contributed by atoms with Crippen molar-refractivity contribution in [2.45, 2.75) is 37.5 Å². The molecule has 54 heavy (non-hydrogen) atoms. The molecule has 0 N–H and O–H groups in total. The van der Waals surface area contributed by atoms with Crippen LogP contribution in [-0.2, 0) is 5.41 Å². The van der Waals surface area contributed by atoms with Crippen LogP contribution in [0.2, 0.25) is 0 Å². The summed E-state index contributed by atoms with van der Waals surface area (Å²) in [5, 5.41) is 4.87. The van der Waals surface area contributed by atoms with Crippen LogP contribution in [-0.4, -0.2) is 4.57 Å². The minimum absolute atomic E-state index is 0.269. The van der Waals surface area contributed by atoms with Crippen molar-refractivity contribution in [2.75, 3.05) is 4.90 Å². The minimum Gasteiger partial charge on any atom is -0.456 e. The zero-order valence-corrected chi connectivity index (χ0v) is 30.2. The topological polar surface area (TPSA) is 21.3 Å². The number of hydrogen-bond acceptors (Lipinski definition) is 2. The monoisotopic (exact) mass is 696 g/mol. The van der Waals surface area contributed by atoms with Crippen LogP contribution in [0.15, 0.2) is 168 Å². The molecule has 0 spiro atoms. The van der Waals surface area contributed by atoms with Gasteiger partial charge < -0.3 is 13.9 Å². The molecule has 3 saturated carbocycles. The van der Waals surface area contributed by atoms with E-state index in [1.165, 1.54) is 87.7 Å². The minimum atomic E-state index is 0.269. The first-order valence-electron chi connectivity index (χ1n) is 19.7. The number of fused-ring (bicyclic) bond motifs is 7. The lowest BCUT2D eigenvalue weighted by Gasteiger charge is -2.36. The van der Waals surface area contributed by atoms with Crippen molar-refractivity contribution in [1.82, 2.24) is 4.57 Å². The molecule has 3 heteroatoms. The van der Waals surface area contributed by atoms with E-state index in [4.69, 9.17) is 4.42 Å². The standard InChI is InChI=1S/C51H40N2O/c1-5-16-46-40(12-1)41-13-2-6-17-47(41)53(46)38-11-9-10-34(28-38)33-22-24-37(25-23-33)52(39-26-27-50-43(29-39)42-14-3-8-19-49(42)54-50)48-18-7-4-15-45(48)51-30-35-20-21-36(31-51)44(35)32-51/h1-19,22-29,35-36,44H,20-21,30-32H2/t35-,36?,44?,51?/m0/s1. The van der Waals surface area contributed by atoms with Crippen LogP contribution in [0.1, 0.15) is 37.7 Å². The fourth-order valence-electron chi connectivity index (χ4n) is 11.3. The summed E-state index contributed by atoms with van der Waals surface area (Å²) in [6.45, 7) is 0. The normalized spacial score (nSPS) is 21.6. The first kappa shape index (κ1) is 30.4. The molecule has 2 heterocycles. The Morgan fingerprint density at radius 2 is 1.15 bits per heavy atom. The van der Waals surface area contributed by atoms with E-state index in [1.807, 2.05) is 0 Å². The SMILES string of the molecule is c1cc(-c2ccc(N(c3ccc4oc5ccccc5c4c3)c3ccccc3C34CC5CC[C@@H](C3)C5C4)cc2)cc(-n2c3ccccc3c3ccccc32)c1. The van der Waals surface area contributed by atoms with E-state index in [-0.39, 0.29) is 5.41 Å². The van der Waals surface area contributed by atoms with Gasteiger partial charge in [0, 0.05) is 44.3 Å². The molecule has 0 aliphatic heterocycles. The van der Waals surface area contributed by atoms with Crippen LogP contribution in [0.5, 0.6) is 0 Å². The second kappa shape index (κ2) is 11.5. The second-order valence-electron chi connectivity index (χ2n) is 16.3. The maximum Gasteiger partial charge on any atom is 0.135 e. The van der Waals surface area contributed by atoms with E-state index in [0.29, 0.717) is 0 Å². The van der Waals surface area contributed by atoms with Gasteiger partial charge in [0.25, 0.3) is 0 Å². The Balaban J connectivity index is 0.990. The third kappa shape index (κ3) is 4.42. The molecule has 9 aromatic rings. The summed E-state index contributed by atoms with van der Waals surface area (Å²) in [7, 11) is 0. The van der Waals surface area contributed by atoms with Crippen LogP contribution in [0, 0.1) is 17.8 Å². The molecule has 3 unspecified atom stereocenters. The highest BCUT2D eigenvalue weighted by molar-refractivity contribution is 6.09. The number of para-hydroxylation sites is 4. The lowest BCUT2D eigenvalue weighted by atomic mass is 9.74. The van der Waals surface area contributed by atoms with Gasteiger partial charge in [-0.2, -0.15) is 0 Å². The van der Waals surface area contributed by atoms with Crippen molar-refractivity contribution in [1.29, 1.82) is 0 Å². The first-order chi connectivity index (χ1) is 26.7. The van der Waals surface area contributed by atoms with Gasteiger partial charge in [0.15, 0.2) is 0 Å². The molecule has 0 saturated heterocycles. The molecular weight excluding hydrogens is 657 g/mol. The van der Waals surface area contributed by atoms with Crippen LogP contribution in [0.25, 0.3) is 60.6 Å². The van der Waals surface area contributed by atoms with Gasteiger partial charge in [0.2, 0.25) is 0 Å². The molecule has 12 rings (SSSR count). The molecule has 0 amide bonds. The molecule has 3 nitrogen and oxygen atoms in total. The van der Waals surface area contributed by atoms with Gasteiger partial charge in [-0.1, -0.05) is 97.1 Å². The highest BCUT2D eigenvalue weighted by Crippen LogP contribution is 2.67. The van der Waals surface area contributed by atoms with Gasteiger partial charge in [-0.05, 0) is 139 Å². The Morgan fingerprint density at radius 3 is 1.91 bits per heavy atom. The average Bonchev–Trinajstić information content (AvgIpc) is 4.02. The summed E-state index contributed by atoms with van der Waals surface area (Å²) in [6.07, 6.45) is 6.87.